The number of aliphatic hydroxyl groups excluding tert-OH is 3. The largest absolute Gasteiger partial charge is 1.00 e. The summed E-state index contributed by atoms with van der Waals surface area (Å²) in [6.07, 6.45) is 4.10. The quantitative estimate of drug-likeness (QED) is 0.0374. The van der Waals surface area contributed by atoms with Gasteiger partial charge in [0.2, 0.25) is 0 Å². The van der Waals surface area contributed by atoms with Crippen molar-refractivity contribution in [1.29, 1.82) is 0 Å². The molecule has 437 valence electrons. The van der Waals surface area contributed by atoms with Crippen LogP contribution in [0.4, 0.5) is 0 Å². The molecule has 75 heavy (non-hydrogen) atoms. The Morgan fingerprint density at radius 3 is 1.29 bits per heavy atom. The third-order valence-corrected chi connectivity index (χ3v) is 18.5. The van der Waals surface area contributed by atoms with Crippen LogP contribution in [0.1, 0.15) is 171 Å². The van der Waals surface area contributed by atoms with Gasteiger partial charge in [0.1, 0.15) is 0 Å². The Hall–Kier alpha value is -2.30. The number of ether oxygens (including phenoxy) is 2. The number of aryl methyl sites for hydroxylation is 2. The fraction of sp³-hybridized carbons (Fsp3) is 0.559. The molecule has 0 amide bonds. The van der Waals surface area contributed by atoms with E-state index in [1.54, 1.807) is 20.8 Å². The van der Waals surface area contributed by atoms with Gasteiger partial charge in [-0.05, 0) is 39.7 Å². The monoisotopic (exact) mass is 1170 g/mol. The third-order valence-electron chi connectivity index (χ3n) is 7.86. The zero-order valence-corrected chi connectivity index (χ0v) is 50.9. The predicted molar refractivity (Wildman–Crippen MR) is 340 cm³/mol. The van der Waals surface area contributed by atoms with Crippen molar-refractivity contribution in [2.75, 3.05) is 44.9 Å². The molecule has 0 aliphatic heterocycles. The molecular formula is C59H116BBrN3NaO8PS. The van der Waals surface area contributed by atoms with E-state index in [1.165, 1.54) is 15.9 Å². The fourth-order valence-corrected chi connectivity index (χ4v) is 13.1. The van der Waals surface area contributed by atoms with Crippen molar-refractivity contribution >= 4 is 55.2 Å². The minimum absolute atomic E-state index is 0. The van der Waals surface area contributed by atoms with Crippen LogP contribution in [0.5, 0.6) is 0 Å². The Labute approximate surface area is 498 Å². The smallest absolute Gasteiger partial charge is 0.748 e. The summed E-state index contributed by atoms with van der Waals surface area (Å²) in [5.41, 5.74) is 3.07. The van der Waals surface area contributed by atoms with Crippen molar-refractivity contribution in [3.63, 3.8) is 0 Å². The summed E-state index contributed by atoms with van der Waals surface area (Å²) in [7, 11) is -4.11. The van der Waals surface area contributed by atoms with Crippen LogP contribution in [0.25, 0.3) is 0 Å². The molecule has 0 unspecified atom stereocenters. The maximum Gasteiger partial charge on any atom is 1.00 e. The molecule has 0 aliphatic carbocycles. The molecule has 0 saturated carbocycles. The summed E-state index contributed by atoms with van der Waals surface area (Å²) in [6, 6.07) is 40.3. The maximum atomic E-state index is 10.3. The molecule has 0 saturated heterocycles. The second-order valence-electron chi connectivity index (χ2n) is 12.5. The summed E-state index contributed by atoms with van der Waals surface area (Å²) in [6.45, 7) is 32.6. The van der Waals surface area contributed by atoms with E-state index in [2.05, 4.69) is 124 Å². The van der Waals surface area contributed by atoms with Crippen LogP contribution in [-0.4, -0.2) is 96.6 Å². The van der Waals surface area contributed by atoms with E-state index < -0.39 is 15.4 Å². The van der Waals surface area contributed by atoms with Gasteiger partial charge in [-0.1, -0.05) is 144 Å². The number of halogens is 1. The molecule has 3 radical (unpaired) electrons. The van der Waals surface area contributed by atoms with Gasteiger partial charge in [-0.15, -0.1) is 0 Å². The molecule has 1 heterocycles. The van der Waals surface area contributed by atoms with E-state index in [4.69, 9.17) is 24.8 Å². The average Bonchev–Trinajstić information content (AvgIpc) is 3.82. The first-order valence-corrected chi connectivity index (χ1v) is 30.1. The number of benzene rings is 4. The van der Waals surface area contributed by atoms with E-state index >= 15 is 0 Å². The van der Waals surface area contributed by atoms with Crippen molar-refractivity contribution in [2.45, 2.75) is 181 Å². The SMILES string of the molecule is C.C.C.C.C.C.CC.CC.CC.CC.CC.CCCn1cc(COCCP(Br)(c2ccccc2)(c2ccccc2)c2ccccc2)nn1.CCO.CCO.CCO.Cc1cccc(COCCCS(=O)(=O)[O-])c1.[B].[Na+]. The van der Waals surface area contributed by atoms with Crippen LogP contribution in [0.15, 0.2) is 121 Å². The first kappa shape index (κ1) is 105. The van der Waals surface area contributed by atoms with Crippen LogP contribution in [-0.2, 0) is 39.4 Å². The first-order chi connectivity index (χ1) is 32.4. The van der Waals surface area contributed by atoms with Crippen molar-refractivity contribution < 1.29 is 67.3 Å². The van der Waals surface area contributed by atoms with Gasteiger partial charge in [-0.3, -0.25) is 0 Å². The zero-order valence-electron chi connectivity index (χ0n) is 45.6. The number of rotatable bonds is 16. The molecule has 1 aromatic heterocycles. The predicted octanol–water partition coefficient (Wildman–Crippen LogP) is 12.1. The van der Waals surface area contributed by atoms with E-state index in [1.807, 2.05) is 111 Å². The Kier molecular flexibility index (Phi) is 100. The Morgan fingerprint density at radius 1 is 0.600 bits per heavy atom. The maximum absolute atomic E-state index is 10.3. The minimum atomic E-state index is -4.11. The molecule has 0 fully saturated rings. The van der Waals surface area contributed by atoms with Crippen molar-refractivity contribution in [2.24, 2.45) is 0 Å². The van der Waals surface area contributed by atoms with Crippen LogP contribution in [0.2, 0.25) is 0 Å². The van der Waals surface area contributed by atoms with Crippen LogP contribution in [0.3, 0.4) is 0 Å². The first-order valence-electron chi connectivity index (χ1n) is 24.1. The zero-order chi connectivity index (χ0) is 52.4. The average molecular weight is 1170 g/mol. The number of aromatic nitrogens is 3. The van der Waals surface area contributed by atoms with Crippen LogP contribution < -0.4 is 45.5 Å². The Balaban J connectivity index is -0.0000000697. The van der Waals surface area contributed by atoms with Crippen LogP contribution >= 0.6 is 20.8 Å². The summed E-state index contributed by atoms with van der Waals surface area (Å²) in [4.78, 5) is 0. The molecule has 16 heteroatoms. The van der Waals surface area contributed by atoms with Gasteiger partial charge >= 0.3 is 228 Å². The Morgan fingerprint density at radius 2 is 0.960 bits per heavy atom. The molecule has 0 aliphatic rings. The summed E-state index contributed by atoms with van der Waals surface area (Å²) >= 11 is 4.45. The van der Waals surface area contributed by atoms with Gasteiger partial charge in [-0.25, -0.2) is 8.42 Å². The van der Waals surface area contributed by atoms with Gasteiger partial charge in [0.25, 0.3) is 0 Å². The van der Waals surface area contributed by atoms with Crippen LogP contribution in [0, 0.1) is 6.92 Å². The van der Waals surface area contributed by atoms with Gasteiger partial charge in [0.05, 0.1) is 16.7 Å². The van der Waals surface area contributed by atoms with E-state index in [-0.39, 0.29) is 121 Å². The number of nitrogens with zero attached hydrogens (tertiary/aromatic N) is 3. The van der Waals surface area contributed by atoms with Crippen molar-refractivity contribution in [3.8, 4) is 0 Å². The van der Waals surface area contributed by atoms with E-state index in [9.17, 15) is 13.0 Å². The molecule has 0 bridgehead atoms. The normalized spacial score (nSPS) is 9.09. The Bertz CT molecular complexity index is 1770. The van der Waals surface area contributed by atoms with E-state index in [0.29, 0.717) is 19.8 Å². The molecular weight excluding hydrogens is 1060 g/mol. The van der Waals surface area contributed by atoms with Gasteiger partial charge < -0.3 is 24.6 Å². The number of hydrogen-bond acceptors (Lipinski definition) is 10. The van der Waals surface area contributed by atoms with Gasteiger partial charge in [-0.2, -0.15) is 0 Å². The van der Waals surface area contributed by atoms with Crippen molar-refractivity contribution in [3.05, 3.63) is 138 Å². The van der Waals surface area contributed by atoms with Crippen molar-refractivity contribution in [1.82, 2.24) is 15.0 Å². The van der Waals surface area contributed by atoms with E-state index in [0.717, 1.165) is 35.9 Å². The summed E-state index contributed by atoms with van der Waals surface area (Å²) in [5, 5.41) is 32.1. The van der Waals surface area contributed by atoms with Gasteiger partial charge in [0.15, 0.2) is 0 Å². The standard InChI is InChI=1S/C26H29BrN3OP.C11H16O4S.3C2H6O.5C2H6.6CH4.B.Na/c1-2-18-30-21-23(28-29-30)22-31-19-20-32(27,24-12-6-3-7-13-24,25-14-8-4-9-15-25)26-16-10-5-11-17-26;1-10-4-2-5-11(8-10)9-15-6-3-7-16(12,13)14;3*1-2-3;5*1-2;;;;;;;;/h3-17,21H,2,18-20,22H2,1H3;2,4-5,8H,3,6-7,9H2,1H3,(H,12,13,14);3*3H,2H2,1H3;5*1-2H3;6*1H4;;/q;;;;;;;;;;;;;;;;;+1/p-1. The second-order valence-corrected chi connectivity index (χ2v) is 23.1. The topological polar surface area (TPSA) is 167 Å². The molecule has 4 aromatic carbocycles. The molecule has 5 rings (SSSR count). The van der Waals surface area contributed by atoms with Gasteiger partial charge in [0, 0.05) is 40.6 Å². The summed E-state index contributed by atoms with van der Waals surface area (Å²) < 4.78 is 44.2. The summed E-state index contributed by atoms with van der Waals surface area (Å²) in [5.74, 6) is -0.360. The molecule has 11 nitrogen and oxygen atoms in total. The number of aliphatic hydroxyl groups is 3. The molecule has 0 atom stereocenters. The number of hydrogen-bond donors (Lipinski definition) is 3. The minimum Gasteiger partial charge on any atom is -0.748 e. The fourth-order valence-electron chi connectivity index (χ4n) is 5.54. The molecule has 0 spiro atoms. The molecule has 3 N–H and O–H groups in total. The third kappa shape index (κ3) is 47.4. The second kappa shape index (κ2) is 71.7. The molecule has 5 aromatic rings.